The molecular formula is C8H16N3O+. The molecule has 68 valence electrons. The first kappa shape index (κ1) is 9.06. The van der Waals surface area contributed by atoms with Gasteiger partial charge in [-0.3, -0.25) is 4.90 Å². The van der Waals surface area contributed by atoms with E-state index in [-0.39, 0.29) is 0 Å². The number of anilines is 1. The van der Waals surface area contributed by atoms with Gasteiger partial charge in [0.05, 0.1) is 33.5 Å². The van der Waals surface area contributed by atoms with E-state index in [1.165, 1.54) is 0 Å². The average molecular weight is 170 g/mol. The Hall–Kier alpha value is -1.03. The summed E-state index contributed by atoms with van der Waals surface area (Å²) in [5.41, 5.74) is 0. The van der Waals surface area contributed by atoms with E-state index in [1.807, 2.05) is 38.1 Å². The molecule has 0 bridgehead atoms. The van der Waals surface area contributed by atoms with Gasteiger partial charge in [0.2, 0.25) is 0 Å². The lowest BCUT2D eigenvalue weighted by Crippen LogP contribution is -2.35. The Morgan fingerprint density at radius 2 is 2.25 bits per heavy atom. The summed E-state index contributed by atoms with van der Waals surface area (Å²) in [5.74, 6) is 1.12. The molecule has 0 saturated carbocycles. The fraction of sp³-hybridized carbons (Fsp3) is 0.625. The molecule has 1 rings (SSSR count). The zero-order chi connectivity index (χ0) is 9.14. The summed E-state index contributed by atoms with van der Waals surface area (Å²) in [4.78, 5) is 2.05. The first-order valence-electron chi connectivity index (χ1n) is 3.88. The highest BCUT2D eigenvalue weighted by Gasteiger charge is 2.14. The SMILES string of the molecule is COCn1cc[n+](C)c1N(C)C. The second-order valence-corrected chi connectivity index (χ2v) is 2.99. The summed E-state index contributed by atoms with van der Waals surface area (Å²) >= 11 is 0. The summed E-state index contributed by atoms with van der Waals surface area (Å²) in [5, 5.41) is 0. The molecule has 0 saturated heterocycles. The van der Waals surface area contributed by atoms with E-state index in [1.54, 1.807) is 7.11 Å². The summed E-state index contributed by atoms with van der Waals surface area (Å²) in [7, 11) is 7.74. The van der Waals surface area contributed by atoms with Crippen molar-refractivity contribution in [3.05, 3.63) is 12.4 Å². The summed E-state index contributed by atoms with van der Waals surface area (Å²) < 4.78 is 9.15. The Balaban J connectivity index is 2.95. The maximum Gasteiger partial charge on any atom is 0.360 e. The molecule has 4 nitrogen and oxygen atoms in total. The molecule has 12 heavy (non-hydrogen) atoms. The van der Waals surface area contributed by atoms with Gasteiger partial charge in [-0.05, 0) is 0 Å². The summed E-state index contributed by atoms with van der Waals surface area (Å²) in [6, 6.07) is 0. The van der Waals surface area contributed by atoms with E-state index >= 15 is 0 Å². The van der Waals surface area contributed by atoms with Crippen LogP contribution in [0.15, 0.2) is 12.4 Å². The molecule has 0 radical (unpaired) electrons. The molecule has 0 amide bonds. The Labute approximate surface area is 73.0 Å². The lowest BCUT2D eigenvalue weighted by atomic mass is 10.8. The Morgan fingerprint density at radius 3 is 2.75 bits per heavy atom. The fourth-order valence-corrected chi connectivity index (χ4v) is 1.33. The highest BCUT2D eigenvalue weighted by molar-refractivity contribution is 5.20. The maximum atomic E-state index is 5.06. The van der Waals surface area contributed by atoms with Crippen molar-refractivity contribution in [1.29, 1.82) is 0 Å². The molecule has 0 aliphatic rings. The predicted octanol–water partition coefficient (Wildman–Crippen LogP) is -0.0175. The van der Waals surface area contributed by atoms with Gasteiger partial charge in [-0.25, -0.2) is 9.13 Å². The number of imidazole rings is 1. The number of methoxy groups -OCH3 is 1. The van der Waals surface area contributed by atoms with Crippen LogP contribution < -0.4 is 9.47 Å². The van der Waals surface area contributed by atoms with Gasteiger partial charge in [0.25, 0.3) is 0 Å². The van der Waals surface area contributed by atoms with Crippen molar-refractivity contribution in [1.82, 2.24) is 4.57 Å². The number of rotatable bonds is 3. The molecule has 1 heterocycles. The molecule has 0 fully saturated rings. The first-order valence-corrected chi connectivity index (χ1v) is 3.88. The van der Waals surface area contributed by atoms with Crippen LogP contribution in [0.3, 0.4) is 0 Å². The van der Waals surface area contributed by atoms with E-state index in [4.69, 9.17) is 4.74 Å². The lowest BCUT2D eigenvalue weighted by Gasteiger charge is -2.08. The Morgan fingerprint density at radius 1 is 1.58 bits per heavy atom. The van der Waals surface area contributed by atoms with Gasteiger partial charge >= 0.3 is 5.95 Å². The van der Waals surface area contributed by atoms with Crippen LogP contribution in [0.4, 0.5) is 5.95 Å². The minimum atomic E-state index is 0.592. The van der Waals surface area contributed by atoms with Crippen molar-refractivity contribution in [3.8, 4) is 0 Å². The number of aryl methyl sites for hydroxylation is 1. The number of hydrogen-bond acceptors (Lipinski definition) is 2. The second-order valence-electron chi connectivity index (χ2n) is 2.99. The van der Waals surface area contributed by atoms with Crippen LogP contribution in [0.25, 0.3) is 0 Å². The van der Waals surface area contributed by atoms with Gasteiger partial charge in [-0.15, -0.1) is 0 Å². The Kier molecular flexibility index (Phi) is 2.70. The molecule has 0 N–H and O–H groups in total. The average Bonchev–Trinajstić information content (AvgIpc) is 2.32. The molecule has 0 aliphatic heterocycles. The van der Waals surface area contributed by atoms with Gasteiger partial charge in [-0.1, -0.05) is 0 Å². The molecule has 0 atom stereocenters. The lowest BCUT2D eigenvalue weighted by molar-refractivity contribution is -0.658. The quantitative estimate of drug-likeness (QED) is 0.595. The number of ether oxygens (including phenoxy) is 1. The number of aromatic nitrogens is 2. The fourth-order valence-electron chi connectivity index (χ4n) is 1.33. The molecule has 1 aromatic heterocycles. The van der Waals surface area contributed by atoms with Crippen LogP contribution in [-0.4, -0.2) is 25.8 Å². The zero-order valence-electron chi connectivity index (χ0n) is 8.11. The van der Waals surface area contributed by atoms with E-state index in [9.17, 15) is 0 Å². The van der Waals surface area contributed by atoms with Crippen molar-refractivity contribution in [2.24, 2.45) is 7.05 Å². The smallest absolute Gasteiger partial charge is 0.351 e. The minimum Gasteiger partial charge on any atom is -0.351 e. The van der Waals surface area contributed by atoms with Gasteiger partial charge in [-0.2, -0.15) is 0 Å². The summed E-state index contributed by atoms with van der Waals surface area (Å²) in [6.45, 7) is 0.592. The molecule has 0 aromatic carbocycles. The molecular weight excluding hydrogens is 154 g/mol. The third-order valence-electron chi connectivity index (χ3n) is 1.71. The van der Waals surface area contributed by atoms with Crippen LogP contribution in [0, 0.1) is 0 Å². The third kappa shape index (κ3) is 1.58. The van der Waals surface area contributed by atoms with Crippen LogP contribution in [0.1, 0.15) is 0 Å². The zero-order valence-corrected chi connectivity index (χ0v) is 8.11. The van der Waals surface area contributed by atoms with Crippen molar-refractivity contribution >= 4 is 5.95 Å². The van der Waals surface area contributed by atoms with Gasteiger partial charge in [0.15, 0.2) is 6.73 Å². The van der Waals surface area contributed by atoms with E-state index < -0.39 is 0 Å². The van der Waals surface area contributed by atoms with Crippen molar-refractivity contribution in [3.63, 3.8) is 0 Å². The first-order chi connectivity index (χ1) is 5.66. The topological polar surface area (TPSA) is 21.3 Å². The van der Waals surface area contributed by atoms with Crippen molar-refractivity contribution in [2.75, 3.05) is 26.1 Å². The van der Waals surface area contributed by atoms with E-state index in [0.717, 1.165) is 5.95 Å². The van der Waals surface area contributed by atoms with Crippen molar-refractivity contribution in [2.45, 2.75) is 6.73 Å². The molecule has 0 unspecified atom stereocenters. The number of nitrogens with zero attached hydrogens (tertiary/aromatic N) is 3. The largest absolute Gasteiger partial charge is 0.360 e. The van der Waals surface area contributed by atoms with Gasteiger partial charge in [0.1, 0.15) is 0 Å². The number of hydrogen-bond donors (Lipinski definition) is 0. The van der Waals surface area contributed by atoms with Crippen molar-refractivity contribution < 1.29 is 9.30 Å². The van der Waals surface area contributed by atoms with Crippen LogP contribution >= 0.6 is 0 Å². The molecule has 1 aromatic rings. The van der Waals surface area contributed by atoms with Gasteiger partial charge in [0, 0.05) is 7.11 Å². The highest BCUT2D eigenvalue weighted by atomic mass is 16.5. The second kappa shape index (κ2) is 3.58. The molecule has 0 spiro atoms. The summed E-state index contributed by atoms with van der Waals surface area (Å²) in [6.07, 6.45) is 4.01. The van der Waals surface area contributed by atoms with Crippen LogP contribution in [0.5, 0.6) is 0 Å². The third-order valence-corrected chi connectivity index (χ3v) is 1.71. The molecule has 4 heteroatoms. The van der Waals surface area contributed by atoms with E-state index in [0.29, 0.717) is 6.73 Å². The standard InChI is InChI=1S/C8H16N3O/c1-9(2)8-10(3)5-6-11(8)7-12-4/h5-6H,7H2,1-4H3/q+1. The predicted molar refractivity (Wildman–Crippen MR) is 46.9 cm³/mol. The van der Waals surface area contributed by atoms with Gasteiger partial charge < -0.3 is 4.74 Å². The van der Waals surface area contributed by atoms with Crippen LogP contribution in [-0.2, 0) is 18.5 Å². The Bertz CT molecular complexity index is 255. The normalized spacial score (nSPS) is 10.3. The van der Waals surface area contributed by atoms with E-state index in [2.05, 4.69) is 9.47 Å². The minimum absolute atomic E-state index is 0.592. The maximum absolute atomic E-state index is 5.06. The molecule has 0 aliphatic carbocycles. The highest BCUT2D eigenvalue weighted by Crippen LogP contribution is 2.04. The monoisotopic (exact) mass is 170 g/mol. The van der Waals surface area contributed by atoms with Crippen LogP contribution in [0.2, 0.25) is 0 Å².